The minimum atomic E-state index is 0.251. The Balaban J connectivity index is 1.56. The normalized spacial score (nSPS) is 19.8. The number of nitrogens with one attached hydrogen (secondary N) is 1. The second-order valence-corrected chi connectivity index (χ2v) is 6.88. The van der Waals surface area contributed by atoms with Crippen LogP contribution in [-0.4, -0.2) is 34.2 Å². The molecule has 0 bridgehead atoms. The van der Waals surface area contributed by atoms with Crippen molar-refractivity contribution in [3.05, 3.63) is 59.7 Å². The van der Waals surface area contributed by atoms with Crippen molar-refractivity contribution in [3.63, 3.8) is 0 Å². The van der Waals surface area contributed by atoms with Gasteiger partial charge in [0.15, 0.2) is 0 Å². The van der Waals surface area contributed by atoms with E-state index in [0.717, 1.165) is 42.2 Å². The topological polar surface area (TPSA) is 59.9 Å². The Bertz CT molecular complexity index is 906. The maximum absolute atomic E-state index is 5.81. The monoisotopic (exact) mass is 348 g/mol. The first-order valence-electron chi connectivity index (χ1n) is 9.24. The van der Waals surface area contributed by atoms with E-state index in [-0.39, 0.29) is 6.04 Å². The minimum Gasteiger partial charge on any atom is -0.379 e. The van der Waals surface area contributed by atoms with Crippen molar-refractivity contribution in [1.29, 1.82) is 0 Å². The summed E-state index contributed by atoms with van der Waals surface area (Å²) in [4.78, 5) is 13.4. The standard InChI is InChI=1S/C21H24N4O/c1-3-15-11-23-14(2)24-21(15)25-20-13-26-12-17(20)10-16-8-9-22-19-7-5-4-6-18(16)19/h4-9,11,17,20H,3,10,12-13H2,1-2H3,(H,23,24,25)/t17-,20+/m1/s1. The van der Waals surface area contributed by atoms with Crippen LogP contribution in [0, 0.1) is 12.8 Å². The summed E-state index contributed by atoms with van der Waals surface area (Å²) in [6.45, 7) is 5.53. The van der Waals surface area contributed by atoms with E-state index in [9.17, 15) is 0 Å². The van der Waals surface area contributed by atoms with Gasteiger partial charge in [0.05, 0.1) is 24.8 Å². The van der Waals surface area contributed by atoms with Crippen molar-refractivity contribution in [2.24, 2.45) is 5.92 Å². The fourth-order valence-corrected chi connectivity index (χ4v) is 3.63. The van der Waals surface area contributed by atoms with Crippen LogP contribution in [0.1, 0.15) is 23.9 Å². The number of para-hydroxylation sites is 1. The molecule has 2 aromatic heterocycles. The number of aromatic nitrogens is 3. The molecule has 0 saturated carbocycles. The fourth-order valence-electron chi connectivity index (χ4n) is 3.63. The molecule has 0 amide bonds. The van der Waals surface area contributed by atoms with E-state index in [1.807, 2.05) is 25.4 Å². The predicted molar refractivity (Wildman–Crippen MR) is 103 cm³/mol. The highest BCUT2D eigenvalue weighted by Gasteiger charge is 2.29. The van der Waals surface area contributed by atoms with Crippen LogP contribution in [0.2, 0.25) is 0 Å². The molecule has 1 aliphatic heterocycles. The molecular formula is C21H24N4O. The van der Waals surface area contributed by atoms with Crippen LogP contribution in [0.3, 0.4) is 0 Å². The molecular weight excluding hydrogens is 324 g/mol. The first-order chi connectivity index (χ1) is 12.7. The third kappa shape index (κ3) is 3.40. The number of hydrogen-bond donors (Lipinski definition) is 1. The van der Waals surface area contributed by atoms with Crippen LogP contribution in [0.4, 0.5) is 5.82 Å². The van der Waals surface area contributed by atoms with Crippen LogP contribution in [0.25, 0.3) is 10.9 Å². The van der Waals surface area contributed by atoms with E-state index in [0.29, 0.717) is 12.5 Å². The van der Waals surface area contributed by atoms with Crippen molar-refractivity contribution < 1.29 is 4.74 Å². The van der Waals surface area contributed by atoms with Gasteiger partial charge < -0.3 is 10.1 Å². The molecule has 1 aromatic carbocycles. The average Bonchev–Trinajstić information content (AvgIpc) is 3.09. The van der Waals surface area contributed by atoms with Gasteiger partial charge in [0, 0.05) is 29.3 Å². The van der Waals surface area contributed by atoms with Crippen molar-refractivity contribution in [1.82, 2.24) is 15.0 Å². The zero-order chi connectivity index (χ0) is 17.9. The van der Waals surface area contributed by atoms with Crippen molar-refractivity contribution >= 4 is 16.7 Å². The Morgan fingerprint density at radius 1 is 1.12 bits per heavy atom. The Labute approximate surface area is 153 Å². The maximum atomic E-state index is 5.81. The fraction of sp³-hybridized carbons (Fsp3) is 0.381. The summed E-state index contributed by atoms with van der Waals surface area (Å²) in [5, 5.41) is 4.86. The molecule has 0 unspecified atom stereocenters. The molecule has 134 valence electrons. The van der Waals surface area contributed by atoms with Crippen LogP contribution in [0.15, 0.2) is 42.7 Å². The largest absolute Gasteiger partial charge is 0.379 e. The highest BCUT2D eigenvalue weighted by atomic mass is 16.5. The SMILES string of the molecule is CCc1cnc(C)nc1N[C@H]1COC[C@H]1Cc1ccnc2ccccc12. The Morgan fingerprint density at radius 2 is 2.00 bits per heavy atom. The molecule has 26 heavy (non-hydrogen) atoms. The summed E-state index contributed by atoms with van der Waals surface area (Å²) in [5.74, 6) is 2.14. The van der Waals surface area contributed by atoms with Crippen LogP contribution in [-0.2, 0) is 17.6 Å². The Morgan fingerprint density at radius 3 is 2.88 bits per heavy atom. The summed E-state index contributed by atoms with van der Waals surface area (Å²) in [6, 6.07) is 10.7. The van der Waals surface area contributed by atoms with Crippen molar-refractivity contribution in [3.8, 4) is 0 Å². The number of hydrogen-bond acceptors (Lipinski definition) is 5. The van der Waals surface area contributed by atoms with Gasteiger partial charge in [-0.1, -0.05) is 25.1 Å². The summed E-state index contributed by atoms with van der Waals surface area (Å²) in [6.07, 6.45) is 5.70. The number of anilines is 1. The second-order valence-electron chi connectivity index (χ2n) is 6.88. The first-order valence-corrected chi connectivity index (χ1v) is 9.24. The minimum absolute atomic E-state index is 0.251. The number of ether oxygens (including phenoxy) is 1. The Hall–Kier alpha value is -2.53. The summed E-state index contributed by atoms with van der Waals surface area (Å²) < 4.78 is 5.81. The zero-order valence-electron chi connectivity index (χ0n) is 15.3. The molecule has 1 fully saturated rings. The highest BCUT2D eigenvalue weighted by Crippen LogP contribution is 2.26. The molecule has 4 rings (SSSR count). The molecule has 0 aliphatic carbocycles. The van der Waals surface area contributed by atoms with Crippen molar-refractivity contribution in [2.75, 3.05) is 18.5 Å². The van der Waals surface area contributed by atoms with Crippen LogP contribution >= 0.6 is 0 Å². The lowest BCUT2D eigenvalue weighted by molar-refractivity contribution is 0.185. The summed E-state index contributed by atoms with van der Waals surface area (Å²) in [7, 11) is 0. The van der Waals surface area contributed by atoms with Crippen molar-refractivity contribution in [2.45, 2.75) is 32.7 Å². The van der Waals surface area contributed by atoms with Gasteiger partial charge in [0.25, 0.3) is 0 Å². The lowest BCUT2D eigenvalue weighted by atomic mass is 9.93. The van der Waals surface area contributed by atoms with E-state index in [4.69, 9.17) is 4.74 Å². The first kappa shape index (κ1) is 16.9. The molecule has 0 spiro atoms. The number of nitrogens with zero attached hydrogens (tertiary/aromatic N) is 3. The van der Waals surface area contributed by atoms with Gasteiger partial charge in [0.2, 0.25) is 0 Å². The van der Waals surface area contributed by atoms with Gasteiger partial charge in [-0.25, -0.2) is 9.97 Å². The number of rotatable bonds is 5. The quantitative estimate of drug-likeness (QED) is 0.764. The second kappa shape index (κ2) is 7.38. The number of pyridine rings is 1. The molecule has 2 atom stereocenters. The van der Waals surface area contributed by atoms with Gasteiger partial charge in [-0.15, -0.1) is 0 Å². The molecule has 1 saturated heterocycles. The number of benzene rings is 1. The van der Waals surface area contributed by atoms with Crippen LogP contribution in [0.5, 0.6) is 0 Å². The van der Waals surface area contributed by atoms with Crippen LogP contribution < -0.4 is 5.32 Å². The smallest absolute Gasteiger partial charge is 0.133 e. The van der Waals surface area contributed by atoms with Gasteiger partial charge in [-0.05, 0) is 37.5 Å². The third-order valence-corrected chi connectivity index (χ3v) is 5.11. The molecule has 3 heterocycles. The van der Waals surface area contributed by atoms with Gasteiger partial charge in [0.1, 0.15) is 11.6 Å². The summed E-state index contributed by atoms with van der Waals surface area (Å²) >= 11 is 0. The zero-order valence-corrected chi connectivity index (χ0v) is 15.3. The summed E-state index contributed by atoms with van der Waals surface area (Å²) in [5.41, 5.74) is 3.52. The third-order valence-electron chi connectivity index (χ3n) is 5.11. The van der Waals surface area contributed by atoms with E-state index in [1.165, 1.54) is 10.9 Å². The number of aryl methyl sites for hydroxylation is 2. The molecule has 5 heteroatoms. The van der Waals surface area contributed by atoms with E-state index >= 15 is 0 Å². The molecule has 5 nitrogen and oxygen atoms in total. The predicted octanol–water partition coefficient (Wildman–Crippen LogP) is 3.57. The molecule has 3 aromatic rings. The van der Waals surface area contributed by atoms with E-state index < -0.39 is 0 Å². The molecule has 0 radical (unpaired) electrons. The lowest BCUT2D eigenvalue weighted by Crippen LogP contribution is -2.30. The highest BCUT2D eigenvalue weighted by molar-refractivity contribution is 5.81. The van der Waals surface area contributed by atoms with E-state index in [1.54, 1.807) is 0 Å². The number of fused-ring (bicyclic) bond motifs is 1. The molecule has 1 N–H and O–H groups in total. The van der Waals surface area contributed by atoms with Gasteiger partial charge in [-0.3, -0.25) is 4.98 Å². The average molecular weight is 348 g/mol. The van der Waals surface area contributed by atoms with Gasteiger partial charge in [-0.2, -0.15) is 0 Å². The van der Waals surface area contributed by atoms with E-state index in [2.05, 4.69) is 51.5 Å². The Kier molecular flexibility index (Phi) is 4.80. The van der Waals surface area contributed by atoms with Gasteiger partial charge >= 0.3 is 0 Å². The maximum Gasteiger partial charge on any atom is 0.133 e. The lowest BCUT2D eigenvalue weighted by Gasteiger charge is -2.21. The molecule has 1 aliphatic rings.